The van der Waals surface area contributed by atoms with Gasteiger partial charge >= 0.3 is 5.97 Å². The van der Waals surface area contributed by atoms with E-state index >= 15 is 0 Å². The molecule has 0 aromatic carbocycles. The highest BCUT2D eigenvalue weighted by atomic mass is 32.1. The minimum absolute atomic E-state index is 0.00480. The van der Waals surface area contributed by atoms with Crippen molar-refractivity contribution in [3.63, 3.8) is 0 Å². The Hall–Kier alpha value is -2.48. The first kappa shape index (κ1) is 20.1. The Morgan fingerprint density at radius 1 is 0.938 bits per heavy atom. The van der Waals surface area contributed by atoms with Crippen LogP contribution in [0, 0.1) is 11.8 Å². The zero-order valence-electron chi connectivity index (χ0n) is 18.0. The maximum atomic E-state index is 13.5. The van der Waals surface area contributed by atoms with Gasteiger partial charge in [-0.2, -0.15) is 4.98 Å². The molecule has 0 unspecified atom stereocenters. The summed E-state index contributed by atoms with van der Waals surface area (Å²) in [6, 6.07) is 0. The third-order valence-corrected chi connectivity index (χ3v) is 8.76. The molecule has 0 saturated heterocycles. The molecular formula is C24H27N3O4S. The fourth-order valence-corrected chi connectivity index (χ4v) is 7.06. The summed E-state index contributed by atoms with van der Waals surface area (Å²) in [5, 5.41) is 17.9. The molecule has 2 N–H and O–H groups in total. The topological polar surface area (TPSA) is 105 Å². The number of anilines is 1. The summed E-state index contributed by atoms with van der Waals surface area (Å²) >= 11 is 1.60. The standard InChI is InChI=1S/C24H27N3O4S/c28-21(17-12-6-8-13(9-7-12)18(17)24(29)30)26-23-19(15-4-2-1-3-5-16(15)32-23)22-25-20(27-31-22)14-10-11-14/h12-14H,1-11H2,(H,26,28)(H,29,30). The molecule has 2 heterocycles. The molecule has 2 aromatic rings. The number of carbonyl (C=O) groups is 2. The van der Waals surface area contributed by atoms with Gasteiger partial charge in [-0.3, -0.25) is 4.79 Å². The number of aliphatic carboxylic acids is 1. The predicted octanol–water partition coefficient (Wildman–Crippen LogP) is 5.08. The van der Waals surface area contributed by atoms with Crippen molar-refractivity contribution in [2.24, 2.45) is 11.8 Å². The second-order valence-electron chi connectivity index (χ2n) is 9.64. The second-order valence-corrected chi connectivity index (χ2v) is 10.7. The molecule has 8 heteroatoms. The Kier molecular flexibility index (Phi) is 4.93. The molecule has 7 rings (SSSR count). The Bertz CT molecular complexity index is 1120. The van der Waals surface area contributed by atoms with Gasteiger partial charge in [0.15, 0.2) is 5.82 Å². The van der Waals surface area contributed by atoms with Gasteiger partial charge in [0, 0.05) is 21.9 Å². The van der Waals surface area contributed by atoms with E-state index in [2.05, 4.69) is 15.5 Å². The molecule has 0 radical (unpaired) electrons. The molecule has 32 heavy (non-hydrogen) atoms. The smallest absolute Gasteiger partial charge is 0.332 e. The lowest BCUT2D eigenvalue weighted by atomic mass is 9.66. The van der Waals surface area contributed by atoms with Crippen LogP contribution in [0.25, 0.3) is 11.5 Å². The summed E-state index contributed by atoms with van der Waals surface area (Å²) in [5.41, 5.74) is 2.89. The number of carboxylic acid groups (broad SMARTS) is 1. The van der Waals surface area contributed by atoms with E-state index < -0.39 is 5.97 Å². The van der Waals surface area contributed by atoms with Gasteiger partial charge in [0.25, 0.3) is 11.8 Å². The summed E-state index contributed by atoms with van der Waals surface area (Å²) in [4.78, 5) is 31.4. The number of nitrogens with one attached hydrogen (secondary N) is 1. The molecule has 2 fully saturated rings. The van der Waals surface area contributed by atoms with Crippen LogP contribution in [0.4, 0.5) is 5.00 Å². The van der Waals surface area contributed by atoms with Crippen LogP contribution in [-0.4, -0.2) is 27.1 Å². The van der Waals surface area contributed by atoms with E-state index in [0.717, 1.165) is 80.6 Å². The first-order valence-corrected chi connectivity index (χ1v) is 12.7. The number of hydrogen-bond acceptors (Lipinski definition) is 6. The molecule has 168 valence electrons. The first-order chi connectivity index (χ1) is 15.6. The largest absolute Gasteiger partial charge is 0.478 e. The lowest BCUT2D eigenvalue weighted by molar-refractivity contribution is -0.134. The van der Waals surface area contributed by atoms with Gasteiger partial charge in [-0.25, -0.2) is 4.79 Å². The number of amides is 1. The van der Waals surface area contributed by atoms with Gasteiger partial charge in [-0.1, -0.05) is 11.6 Å². The SMILES string of the molecule is O=C(O)C1=C(C(=O)Nc2sc3c(c2-c2nc(C4CC4)no2)CCCCC3)C2CCC1CC2. The normalized spacial score (nSPS) is 24.9. The van der Waals surface area contributed by atoms with Crippen LogP contribution in [0.15, 0.2) is 15.7 Å². The summed E-state index contributed by atoms with van der Waals surface area (Å²) < 4.78 is 5.68. The Morgan fingerprint density at radius 2 is 1.62 bits per heavy atom. The van der Waals surface area contributed by atoms with Gasteiger partial charge in [-0.15, -0.1) is 11.3 Å². The Morgan fingerprint density at radius 3 is 2.34 bits per heavy atom. The highest BCUT2D eigenvalue weighted by Crippen LogP contribution is 2.48. The number of hydrogen-bond donors (Lipinski definition) is 2. The van der Waals surface area contributed by atoms with E-state index in [1.54, 1.807) is 11.3 Å². The fraction of sp³-hybridized carbons (Fsp3) is 0.583. The van der Waals surface area contributed by atoms with Gasteiger partial charge in [-0.05, 0) is 81.6 Å². The Balaban J connectivity index is 1.39. The second kappa shape index (κ2) is 7.83. The number of rotatable bonds is 5. The summed E-state index contributed by atoms with van der Waals surface area (Å²) in [6.45, 7) is 0. The van der Waals surface area contributed by atoms with Crippen LogP contribution in [0.2, 0.25) is 0 Å². The minimum atomic E-state index is -0.947. The molecule has 0 spiro atoms. The van der Waals surface area contributed by atoms with Gasteiger partial charge in [0.1, 0.15) is 5.00 Å². The summed E-state index contributed by atoms with van der Waals surface area (Å²) in [6.07, 6.45) is 11.1. The van der Waals surface area contributed by atoms with E-state index in [4.69, 9.17) is 4.52 Å². The average Bonchev–Trinajstić information content (AvgIpc) is 3.50. The van der Waals surface area contributed by atoms with E-state index in [-0.39, 0.29) is 17.7 Å². The van der Waals surface area contributed by atoms with Crippen LogP contribution in [-0.2, 0) is 22.4 Å². The molecule has 2 saturated carbocycles. The molecule has 5 aliphatic rings. The van der Waals surface area contributed by atoms with Crippen molar-refractivity contribution in [2.75, 3.05) is 5.32 Å². The number of nitrogens with zero attached hydrogens (tertiary/aromatic N) is 2. The maximum absolute atomic E-state index is 13.5. The number of aromatic nitrogens is 2. The lowest BCUT2D eigenvalue weighted by Gasteiger charge is -2.37. The van der Waals surface area contributed by atoms with Gasteiger partial charge < -0.3 is 14.9 Å². The summed E-state index contributed by atoms with van der Waals surface area (Å²) in [7, 11) is 0. The number of carboxylic acids is 1. The quantitative estimate of drug-likeness (QED) is 0.611. The van der Waals surface area contributed by atoms with Crippen LogP contribution in [0.3, 0.4) is 0 Å². The van der Waals surface area contributed by atoms with Crippen LogP contribution < -0.4 is 5.32 Å². The molecule has 0 aliphatic heterocycles. The van der Waals surface area contributed by atoms with Crippen molar-refractivity contribution in [3.8, 4) is 11.5 Å². The third-order valence-electron chi connectivity index (χ3n) is 7.56. The molecular weight excluding hydrogens is 426 g/mol. The monoisotopic (exact) mass is 453 g/mol. The van der Waals surface area contributed by atoms with Crippen molar-refractivity contribution in [2.45, 2.75) is 76.5 Å². The predicted molar refractivity (Wildman–Crippen MR) is 120 cm³/mol. The van der Waals surface area contributed by atoms with Crippen molar-refractivity contribution >= 4 is 28.2 Å². The highest BCUT2D eigenvalue weighted by molar-refractivity contribution is 7.17. The maximum Gasteiger partial charge on any atom is 0.332 e. The highest BCUT2D eigenvalue weighted by Gasteiger charge is 2.41. The van der Waals surface area contributed by atoms with E-state index in [0.29, 0.717) is 23.0 Å². The lowest BCUT2D eigenvalue weighted by Crippen LogP contribution is -2.35. The number of thiophene rings is 1. The van der Waals surface area contributed by atoms with Crippen LogP contribution >= 0.6 is 11.3 Å². The van der Waals surface area contributed by atoms with Crippen molar-refractivity contribution in [3.05, 3.63) is 27.4 Å². The Labute approximate surface area is 190 Å². The molecule has 5 aliphatic carbocycles. The van der Waals surface area contributed by atoms with Crippen molar-refractivity contribution in [1.29, 1.82) is 0 Å². The molecule has 0 atom stereocenters. The number of carbonyl (C=O) groups excluding carboxylic acids is 1. The van der Waals surface area contributed by atoms with E-state index in [1.807, 2.05) is 0 Å². The average molecular weight is 454 g/mol. The van der Waals surface area contributed by atoms with Gasteiger partial charge in [0.2, 0.25) is 0 Å². The van der Waals surface area contributed by atoms with E-state index in [9.17, 15) is 14.7 Å². The minimum Gasteiger partial charge on any atom is -0.478 e. The molecule has 1 amide bonds. The van der Waals surface area contributed by atoms with E-state index in [1.165, 1.54) is 16.9 Å². The fourth-order valence-electron chi connectivity index (χ4n) is 5.78. The van der Waals surface area contributed by atoms with Gasteiger partial charge in [0.05, 0.1) is 5.56 Å². The zero-order valence-corrected chi connectivity index (χ0v) is 18.8. The molecule has 7 nitrogen and oxygen atoms in total. The zero-order chi connectivity index (χ0) is 21.8. The molecule has 2 bridgehead atoms. The van der Waals surface area contributed by atoms with Crippen LogP contribution in [0.5, 0.6) is 0 Å². The number of aryl methyl sites for hydroxylation is 1. The van der Waals surface area contributed by atoms with Crippen molar-refractivity contribution in [1.82, 2.24) is 10.1 Å². The summed E-state index contributed by atoms with van der Waals surface area (Å²) in [5.74, 6) is 0.454. The first-order valence-electron chi connectivity index (χ1n) is 11.9. The number of fused-ring (bicyclic) bond motifs is 3. The van der Waals surface area contributed by atoms with Crippen LogP contribution in [0.1, 0.15) is 80.0 Å². The molecule has 2 aromatic heterocycles. The third kappa shape index (κ3) is 3.39. The van der Waals surface area contributed by atoms with Crippen molar-refractivity contribution < 1.29 is 19.2 Å².